The van der Waals surface area contributed by atoms with Crippen molar-refractivity contribution < 1.29 is 4.79 Å². The summed E-state index contributed by atoms with van der Waals surface area (Å²) < 4.78 is 0. The molecule has 1 amide bonds. The molecule has 3 heteroatoms. The molecule has 0 aliphatic rings. The van der Waals surface area contributed by atoms with Crippen LogP contribution in [-0.2, 0) is 0 Å². The maximum Gasteiger partial charge on any atom is 0.255 e. The number of carbonyl (C=O) groups is 1. The first-order chi connectivity index (χ1) is 10.4. The van der Waals surface area contributed by atoms with E-state index in [4.69, 9.17) is 0 Å². The van der Waals surface area contributed by atoms with E-state index in [1.165, 1.54) is 0 Å². The molecule has 0 atom stereocenters. The summed E-state index contributed by atoms with van der Waals surface area (Å²) in [6.45, 7) is 0. The first-order valence-electron chi connectivity index (χ1n) is 6.63. The number of rotatable bonds is 5. The second-order valence-corrected chi connectivity index (χ2v) is 4.20. The molecule has 0 saturated carbocycles. The highest BCUT2D eigenvalue weighted by Gasteiger charge is 1.99. The van der Waals surface area contributed by atoms with E-state index < -0.39 is 0 Å². The van der Waals surface area contributed by atoms with Crippen molar-refractivity contribution in [2.24, 2.45) is 4.99 Å². The van der Waals surface area contributed by atoms with Crippen LogP contribution < -0.4 is 5.32 Å². The van der Waals surface area contributed by atoms with Crippen molar-refractivity contribution in [1.82, 2.24) is 5.32 Å². The Morgan fingerprint density at radius 2 is 1.52 bits per heavy atom. The van der Waals surface area contributed by atoms with Gasteiger partial charge in [-0.25, -0.2) is 0 Å². The molecule has 2 aromatic carbocycles. The third kappa shape index (κ3) is 5.28. The molecule has 0 heterocycles. The van der Waals surface area contributed by atoms with Crippen molar-refractivity contribution in [3.05, 3.63) is 90.7 Å². The van der Waals surface area contributed by atoms with Crippen LogP contribution in [0.4, 0.5) is 5.69 Å². The molecule has 2 rings (SSSR count). The highest BCUT2D eigenvalue weighted by Crippen LogP contribution is 2.08. The average Bonchev–Trinajstić information content (AvgIpc) is 2.55. The van der Waals surface area contributed by atoms with Crippen LogP contribution >= 0.6 is 0 Å². The first kappa shape index (κ1) is 14.5. The summed E-state index contributed by atoms with van der Waals surface area (Å²) in [4.78, 5) is 16.0. The van der Waals surface area contributed by atoms with Gasteiger partial charge in [0.15, 0.2) is 0 Å². The maximum absolute atomic E-state index is 11.7. The van der Waals surface area contributed by atoms with Crippen LogP contribution in [0.25, 0.3) is 0 Å². The summed E-state index contributed by atoms with van der Waals surface area (Å²) in [7, 11) is 0. The molecule has 3 nitrogen and oxygen atoms in total. The summed E-state index contributed by atoms with van der Waals surface area (Å²) in [5, 5.41) is 2.69. The van der Waals surface area contributed by atoms with Gasteiger partial charge >= 0.3 is 0 Å². The van der Waals surface area contributed by atoms with Gasteiger partial charge in [-0.2, -0.15) is 0 Å². The van der Waals surface area contributed by atoms with Crippen molar-refractivity contribution in [3.63, 3.8) is 0 Å². The van der Waals surface area contributed by atoms with Crippen LogP contribution in [0.15, 0.2) is 90.1 Å². The van der Waals surface area contributed by atoms with Gasteiger partial charge in [-0.1, -0.05) is 42.5 Å². The third-order valence-corrected chi connectivity index (χ3v) is 2.63. The van der Waals surface area contributed by atoms with E-state index in [9.17, 15) is 4.79 Å². The van der Waals surface area contributed by atoms with E-state index in [0.717, 1.165) is 5.69 Å². The monoisotopic (exact) mass is 276 g/mol. The van der Waals surface area contributed by atoms with E-state index in [1.807, 2.05) is 48.5 Å². The fourth-order valence-corrected chi connectivity index (χ4v) is 1.61. The van der Waals surface area contributed by atoms with E-state index in [1.54, 1.807) is 42.8 Å². The Morgan fingerprint density at radius 1 is 0.857 bits per heavy atom. The quantitative estimate of drug-likeness (QED) is 0.653. The topological polar surface area (TPSA) is 41.5 Å². The van der Waals surface area contributed by atoms with Gasteiger partial charge in [-0.15, -0.1) is 0 Å². The van der Waals surface area contributed by atoms with Crippen LogP contribution in [-0.4, -0.2) is 12.1 Å². The van der Waals surface area contributed by atoms with Crippen LogP contribution in [0, 0.1) is 0 Å². The number of nitrogens with zero attached hydrogens (tertiary/aromatic N) is 1. The zero-order valence-electron chi connectivity index (χ0n) is 11.5. The highest BCUT2D eigenvalue weighted by molar-refractivity contribution is 5.94. The lowest BCUT2D eigenvalue weighted by Gasteiger charge is -1.97. The van der Waals surface area contributed by atoms with Gasteiger partial charge in [0.2, 0.25) is 0 Å². The standard InChI is InChI=1S/C18H16N2O/c21-18(16-10-4-1-5-11-16)20-15-9-3-8-14-19-17-12-6-2-7-13-17/h1-15H,(H,20,21)/b8-3+,15-9+,19-14+. The minimum absolute atomic E-state index is 0.127. The number of amides is 1. The van der Waals surface area contributed by atoms with Crippen molar-refractivity contribution in [3.8, 4) is 0 Å². The largest absolute Gasteiger partial charge is 0.329 e. The first-order valence-corrected chi connectivity index (χ1v) is 6.63. The van der Waals surface area contributed by atoms with E-state index in [0.29, 0.717) is 5.56 Å². The summed E-state index contributed by atoms with van der Waals surface area (Å²) in [5.41, 5.74) is 1.54. The SMILES string of the molecule is O=C(N/C=C/C=C/C=N/c1ccccc1)c1ccccc1. The molecule has 2 aromatic rings. The second kappa shape index (κ2) is 8.27. The minimum Gasteiger partial charge on any atom is -0.329 e. The number of para-hydroxylation sites is 1. The fraction of sp³-hybridized carbons (Fsp3) is 0. The molecule has 0 fully saturated rings. The van der Waals surface area contributed by atoms with Crippen LogP contribution in [0.5, 0.6) is 0 Å². The molecule has 0 aromatic heterocycles. The number of aliphatic imine (C=N–C) groups is 1. The van der Waals surface area contributed by atoms with E-state index >= 15 is 0 Å². The Balaban J connectivity index is 1.77. The van der Waals surface area contributed by atoms with Gasteiger partial charge in [-0.05, 0) is 36.4 Å². The van der Waals surface area contributed by atoms with E-state index in [2.05, 4.69) is 10.3 Å². The Kier molecular flexibility index (Phi) is 5.70. The smallest absolute Gasteiger partial charge is 0.255 e. The normalized spacial score (nSPS) is 11.4. The van der Waals surface area contributed by atoms with Crippen LogP contribution in [0.2, 0.25) is 0 Å². The zero-order chi connectivity index (χ0) is 14.8. The number of carbonyl (C=O) groups excluding carboxylic acids is 1. The summed E-state index contributed by atoms with van der Waals surface area (Å²) in [5.74, 6) is -0.127. The summed E-state index contributed by atoms with van der Waals surface area (Å²) in [6, 6.07) is 18.8. The molecule has 0 unspecified atom stereocenters. The Labute approximate surface area is 124 Å². The highest BCUT2D eigenvalue weighted by atomic mass is 16.1. The molecule has 0 radical (unpaired) electrons. The molecule has 0 saturated heterocycles. The van der Waals surface area contributed by atoms with Crippen LogP contribution in [0.1, 0.15) is 10.4 Å². The average molecular weight is 276 g/mol. The molecular formula is C18H16N2O. The molecule has 0 spiro atoms. The maximum atomic E-state index is 11.7. The van der Waals surface area contributed by atoms with Gasteiger partial charge < -0.3 is 5.32 Å². The number of nitrogens with one attached hydrogen (secondary N) is 1. The minimum atomic E-state index is -0.127. The molecule has 0 bridgehead atoms. The van der Waals surface area contributed by atoms with Gasteiger partial charge in [0, 0.05) is 18.0 Å². The predicted octanol–water partition coefficient (Wildman–Crippen LogP) is 3.89. The third-order valence-electron chi connectivity index (χ3n) is 2.63. The molecular weight excluding hydrogens is 260 g/mol. The van der Waals surface area contributed by atoms with Gasteiger partial charge in [0.25, 0.3) is 5.91 Å². The Bertz CT molecular complexity index is 643. The van der Waals surface area contributed by atoms with Crippen molar-refractivity contribution in [1.29, 1.82) is 0 Å². The number of allylic oxidation sites excluding steroid dienone is 3. The lowest BCUT2D eigenvalue weighted by atomic mass is 10.2. The van der Waals surface area contributed by atoms with Gasteiger partial charge in [0.1, 0.15) is 0 Å². The molecule has 21 heavy (non-hydrogen) atoms. The second-order valence-electron chi connectivity index (χ2n) is 4.20. The van der Waals surface area contributed by atoms with Crippen molar-refractivity contribution in [2.45, 2.75) is 0 Å². The number of benzene rings is 2. The molecule has 0 aliphatic heterocycles. The predicted molar refractivity (Wildman–Crippen MR) is 86.8 cm³/mol. The number of hydrogen-bond donors (Lipinski definition) is 1. The van der Waals surface area contributed by atoms with Crippen molar-refractivity contribution in [2.75, 3.05) is 0 Å². The van der Waals surface area contributed by atoms with Crippen molar-refractivity contribution >= 4 is 17.8 Å². The Hall–Kier alpha value is -2.94. The van der Waals surface area contributed by atoms with E-state index in [-0.39, 0.29) is 5.91 Å². The van der Waals surface area contributed by atoms with Gasteiger partial charge in [-0.3, -0.25) is 9.79 Å². The lowest BCUT2D eigenvalue weighted by Crippen LogP contribution is -2.16. The molecule has 1 N–H and O–H groups in total. The van der Waals surface area contributed by atoms with Gasteiger partial charge in [0.05, 0.1) is 5.69 Å². The number of hydrogen-bond acceptors (Lipinski definition) is 2. The molecule has 104 valence electrons. The fourth-order valence-electron chi connectivity index (χ4n) is 1.61. The summed E-state index contributed by atoms with van der Waals surface area (Å²) in [6.07, 6.45) is 8.66. The zero-order valence-corrected chi connectivity index (χ0v) is 11.5. The summed E-state index contributed by atoms with van der Waals surface area (Å²) >= 11 is 0. The Morgan fingerprint density at radius 3 is 2.24 bits per heavy atom. The lowest BCUT2D eigenvalue weighted by molar-refractivity contribution is 0.0970. The van der Waals surface area contributed by atoms with Crippen LogP contribution in [0.3, 0.4) is 0 Å². The molecule has 0 aliphatic carbocycles.